The second-order valence-electron chi connectivity index (χ2n) is 3.91. The molecule has 86 valence electrons. The van der Waals surface area contributed by atoms with E-state index in [2.05, 4.69) is 9.97 Å². The number of carbonyl (C=O) groups excluding carboxylic acids is 2. The minimum atomic E-state index is -0.273. The molecule has 0 unspecified atom stereocenters. The minimum Gasteiger partial charge on any atom is -0.369 e. The Hall–Kier alpha value is -1.85. The maximum absolute atomic E-state index is 11.9. The Bertz CT molecular complexity index is 380. The lowest BCUT2D eigenvalue weighted by Crippen LogP contribution is -2.42. The van der Waals surface area contributed by atoms with Crippen molar-refractivity contribution in [2.24, 2.45) is 11.7 Å². The fourth-order valence-electron chi connectivity index (χ4n) is 1.90. The van der Waals surface area contributed by atoms with E-state index >= 15 is 0 Å². The van der Waals surface area contributed by atoms with Gasteiger partial charge in [-0.05, 0) is 12.8 Å². The Morgan fingerprint density at radius 3 is 2.62 bits per heavy atom. The standard InChI is InChI=1S/C10H14N4O2/c11-8(15)7-1-5-14(6-2-7)10(16)9-12-3-4-13-9/h3-4,7H,1-2,5-6H2,(H2,11,15)(H,12,13). The third-order valence-corrected chi connectivity index (χ3v) is 2.89. The summed E-state index contributed by atoms with van der Waals surface area (Å²) in [5, 5.41) is 0. The number of primary amides is 1. The number of imidazole rings is 1. The Morgan fingerprint density at radius 2 is 2.12 bits per heavy atom. The van der Waals surface area contributed by atoms with Crippen LogP contribution < -0.4 is 5.73 Å². The molecule has 1 aromatic heterocycles. The summed E-state index contributed by atoms with van der Waals surface area (Å²) in [6, 6.07) is 0. The van der Waals surface area contributed by atoms with Crippen LogP contribution >= 0.6 is 0 Å². The molecule has 6 heteroatoms. The van der Waals surface area contributed by atoms with Gasteiger partial charge in [-0.25, -0.2) is 4.98 Å². The molecule has 0 spiro atoms. The van der Waals surface area contributed by atoms with Crippen molar-refractivity contribution in [2.45, 2.75) is 12.8 Å². The summed E-state index contributed by atoms with van der Waals surface area (Å²) >= 11 is 0. The quantitative estimate of drug-likeness (QED) is 0.722. The molecule has 1 aromatic rings. The van der Waals surface area contributed by atoms with Crippen LogP contribution in [0.15, 0.2) is 12.4 Å². The van der Waals surface area contributed by atoms with E-state index < -0.39 is 0 Å². The van der Waals surface area contributed by atoms with Gasteiger partial charge in [0.25, 0.3) is 5.91 Å². The summed E-state index contributed by atoms with van der Waals surface area (Å²) in [6.07, 6.45) is 4.44. The van der Waals surface area contributed by atoms with Crippen LogP contribution in [0.5, 0.6) is 0 Å². The van der Waals surface area contributed by atoms with E-state index in [0.29, 0.717) is 31.8 Å². The summed E-state index contributed by atoms with van der Waals surface area (Å²) in [4.78, 5) is 31.2. The van der Waals surface area contributed by atoms with Gasteiger partial charge < -0.3 is 15.6 Å². The Kier molecular flexibility index (Phi) is 2.89. The molecule has 0 radical (unpaired) electrons. The molecule has 2 amide bonds. The number of H-pyrrole nitrogens is 1. The monoisotopic (exact) mass is 222 g/mol. The molecule has 6 nitrogen and oxygen atoms in total. The number of nitrogens with one attached hydrogen (secondary N) is 1. The van der Waals surface area contributed by atoms with Crippen LogP contribution in [0.3, 0.4) is 0 Å². The number of piperidine rings is 1. The van der Waals surface area contributed by atoms with E-state index in [1.807, 2.05) is 0 Å². The molecule has 0 bridgehead atoms. The van der Waals surface area contributed by atoms with Crippen LogP contribution in [-0.2, 0) is 4.79 Å². The van der Waals surface area contributed by atoms with Gasteiger partial charge in [0.2, 0.25) is 5.91 Å². The lowest BCUT2D eigenvalue weighted by molar-refractivity contribution is -0.123. The van der Waals surface area contributed by atoms with Crippen molar-refractivity contribution >= 4 is 11.8 Å². The maximum atomic E-state index is 11.9. The fraction of sp³-hybridized carbons (Fsp3) is 0.500. The number of aromatic amines is 1. The van der Waals surface area contributed by atoms with Gasteiger partial charge in [-0.1, -0.05) is 0 Å². The van der Waals surface area contributed by atoms with Crippen molar-refractivity contribution in [3.05, 3.63) is 18.2 Å². The van der Waals surface area contributed by atoms with Crippen LogP contribution in [0.1, 0.15) is 23.5 Å². The topological polar surface area (TPSA) is 92.1 Å². The molecule has 0 atom stereocenters. The maximum Gasteiger partial charge on any atom is 0.289 e. The second kappa shape index (κ2) is 4.34. The molecular weight excluding hydrogens is 208 g/mol. The van der Waals surface area contributed by atoms with Crippen LogP contribution in [0.25, 0.3) is 0 Å². The molecule has 0 aromatic carbocycles. The van der Waals surface area contributed by atoms with Crippen molar-refractivity contribution in [1.29, 1.82) is 0 Å². The zero-order valence-corrected chi connectivity index (χ0v) is 8.85. The van der Waals surface area contributed by atoms with E-state index in [-0.39, 0.29) is 17.7 Å². The molecular formula is C10H14N4O2. The van der Waals surface area contributed by atoms with Gasteiger partial charge in [0.15, 0.2) is 5.82 Å². The normalized spacial score (nSPS) is 17.4. The predicted molar refractivity (Wildman–Crippen MR) is 56.4 cm³/mol. The number of hydrogen-bond donors (Lipinski definition) is 2. The van der Waals surface area contributed by atoms with Crippen LogP contribution in [0.4, 0.5) is 0 Å². The van der Waals surface area contributed by atoms with E-state index in [4.69, 9.17) is 5.73 Å². The molecule has 1 fully saturated rings. The van der Waals surface area contributed by atoms with Crippen molar-refractivity contribution in [2.75, 3.05) is 13.1 Å². The number of hydrogen-bond acceptors (Lipinski definition) is 3. The van der Waals surface area contributed by atoms with Crippen LogP contribution in [0.2, 0.25) is 0 Å². The van der Waals surface area contributed by atoms with Gasteiger partial charge in [-0.2, -0.15) is 0 Å². The van der Waals surface area contributed by atoms with Crippen LogP contribution in [-0.4, -0.2) is 39.8 Å². The van der Waals surface area contributed by atoms with Gasteiger partial charge in [0.05, 0.1) is 0 Å². The van der Waals surface area contributed by atoms with Crippen molar-refractivity contribution < 1.29 is 9.59 Å². The number of rotatable bonds is 2. The summed E-state index contributed by atoms with van der Waals surface area (Å²) in [7, 11) is 0. The molecule has 1 saturated heterocycles. The highest BCUT2D eigenvalue weighted by Gasteiger charge is 2.27. The third kappa shape index (κ3) is 2.05. The summed E-state index contributed by atoms with van der Waals surface area (Å²) < 4.78 is 0. The molecule has 2 heterocycles. The lowest BCUT2D eigenvalue weighted by Gasteiger charge is -2.29. The number of likely N-dealkylation sites (tertiary alicyclic amines) is 1. The van der Waals surface area contributed by atoms with Gasteiger partial charge in [-0.3, -0.25) is 9.59 Å². The molecule has 16 heavy (non-hydrogen) atoms. The van der Waals surface area contributed by atoms with Gasteiger partial charge in [-0.15, -0.1) is 0 Å². The average molecular weight is 222 g/mol. The molecule has 1 aliphatic rings. The molecule has 3 N–H and O–H groups in total. The number of nitrogens with zero attached hydrogens (tertiary/aromatic N) is 2. The van der Waals surface area contributed by atoms with Gasteiger partial charge in [0, 0.05) is 31.4 Å². The van der Waals surface area contributed by atoms with Gasteiger partial charge in [0.1, 0.15) is 0 Å². The lowest BCUT2D eigenvalue weighted by atomic mass is 9.96. The number of amides is 2. The molecule has 2 rings (SSSR count). The van der Waals surface area contributed by atoms with E-state index in [1.54, 1.807) is 17.3 Å². The number of nitrogens with two attached hydrogens (primary N) is 1. The number of carbonyl (C=O) groups is 2. The summed E-state index contributed by atoms with van der Waals surface area (Å²) in [5.41, 5.74) is 5.22. The van der Waals surface area contributed by atoms with E-state index in [1.165, 1.54) is 0 Å². The highest BCUT2D eigenvalue weighted by atomic mass is 16.2. The van der Waals surface area contributed by atoms with E-state index in [0.717, 1.165) is 0 Å². The number of aromatic nitrogens is 2. The van der Waals surface area contributed by atoms with E-state index in [9.17, 15) is 9.59 Å². The zero-order chi connectivity index (χ0) is 11.5. The predicted octanol–water partition coefficient (Wildman–Crippen LogP) is -0.253. The Labute approximate surface area is 92.8 Å². The van der Waals surface area contributed by atoms with Crippen molar-refractivity contribution in [1.82, 2.24) is 14.9 Å². The Morgan fingerprint density at radius 1 is 1.44 bits per heavy atom. The highest BCUT2D eigenvalue weighted by Crippen LogP contribution is 2.17. The first kappa shape index (κ1) is 10.7. The Balaban J connectivity index is 1.94. The smallest absolute Gasteiger partial charge is 0.289 e. The SMILES string of the molecule is NC(=O)C1CCN(C(=O)c2ncc[nH]2)CC1. The first-order valence-electron chi connectivity index (χ1n) is 5.26. The average Bonchev–Trinajstić information content (AvgIpc) is 2.81. The van der Waals surface area contributed by atoms with Crippen molar-refractivity contribution in [3.63, 3.8) is 0 Å². The summed E-state index contributed by atoms with van der Waals surface area (Å²) in [5.74, 6) is -0.142. The third-order valence-electron chi connectivity index (χ3n) is 2.89. The largest absolute Gasteiger partial charge is 0.369 e. The van der Waals surface area contributed by atoms with Crippen LogP contribution in [0, 0.1) is 5.92 Å². The summed E-state index contributed by atoms with van der Waals surface area (Å²) in [6.45, 7) is 1.13. The molecule has 1 aliphatic heterocycles. The zero-order valence-electron chi connectivity index (χ0n) is 8.85. The highest BCUT2D eigenvalue weighted by molar-refractivity contribution is 5.90. The van der Waals surface area contributed by atoms with Gasteiger partial charge >= 0.3 is 0 Å². The first-order chi connectivity index (χ1) is 7.68. The molecule has 0 aliphatic carbocycles. The fourth-order valence-corrected chi connectivity index (χ4v) is 1.90. The van der Waals surface area contributed by atoms with Crippen molar-refractivity contribution in [3.8, 4) is 0 Å². The second-order valence-corrected chi connectivity index (χ2v) is 3.91. The first-order valence-corrected chi connectivity index (χ1v) is 5.26. The molecule has 0 saturated carbocycles. The minimum absolute atomic E-state index is 0.0966.